The van der Waals surface area contributed by atoms with Crippen molar-refractivity contribution in [3.05, 3.63) is 53.1 Å². The smallest absolute Gasteiger partial charge is 0.119 e. The van der Waals surface area contributed by atoms with Crippen LogP contribution in [0.2, 0.25) is 19.1 Å². The summed E-state index contributed by atoms with van der Waals surface area (Å²) < 4.78 is 0. The van der Waals surface area contributed by atoms with Gasteiger partial charge >= 0.3 is 0 Å². The molecular weight excluding hydrogens is 346 g/mol. The fraction of sp³-hybridized carbons (Fsp3) is 0.500. The third-order valence-corrected chi connectivity index (χ3v) is 8.95. The van der Waals surface area contributed by atoms with E-state index in [2.05, 4.69) is 72.8 Å². The van der Waals surface area contributed by atoms with Crippen molar-refractivity contribution < 1.29 is 5.11 Å². The van der Waals surface area contributed by atoms with Crippen molar-refractivity contribution in [2.24, 2.45) is 0 Å². The molecule has 2 rings (SSSR count). The van der Waals surface area contributed by atoms with Crippen LogP contribution in [-0.4, -0.2) is 13.2 Å². The normalized spacial score (nSPS) is 13.0. The quantitative estimate of drug-likeness (QED) is 0.523. The Kier molecular flexibility index (Phi) is 5.87. The minimum Gasteiger partial charge on any atom is -0.508 e. The van der Waals surface area contributed by atoms with Gasteiger partial charge < -0.3 is 10.8 Å². The zero-order valence-corrected chi connectivity index (χ0v) is 19.4. The van der Waals surface area contributed by atoms with Crippen molar-refractivity contribution in [1.29, 1.82) is 0 Å². The summed E-state index contributed by atoms with van der Waals surface area (Å²) in [5.41, 5.74) is 10.3. The van der Waals surface area contributed by atoms with Crippen LogP contribution in [0.15, 0.2) is 36.4 Å². The molecule has 148 valence electrons. The highest BCUT2D eigenvalue weighted by Crippen LogP contribution is 2.38. The van der Waals surface area contributed by atoms with Gasteiger partial charge in [-0.05, 0) is 58.2 Å². The lowest BCUT2D eigenvalue weighted by atomic mass is 9.78. The molecule has 0 aliphatic heterocycles. The van der Waals surface area contributed by atoms with Gasteiger partial charge in [-0.1, -0.05) is 78.0 Å². The predicted molar refractivity (Wildman–Crippen MR) is 122 cm³/mol. The molecule has 2 aromatic rings. The molecule has 0 unspecified atom stereocenters. The maximum absolute atomic E-state index is 10.6. The lowest BCUT2D eigenvalue weighted by Gasteiger charge is -2.30. The van der Waals surface area contributed by atoms with Gasteiger partial charge in [-0.2, -0.15) is 0 Å². The minimum absolute atomic E-state index is 0.0100. The third-order valence-electron chi connectivity index (χ3n) is 5.55. The second-order valence-electron chi connectivity index (χ2n) is 10.5. The zero-order valence-electron chi connectivity index (χ0n) is 18.4. The molecule has 0 spiro atoms. The Balaban J connectivity index is 2.40. The molecule has 0 heterocycles. The first-order valence-corrected chi connectivity index (χ1v) is 13.2. The van der Waals surface area contributed by atoms with E-state index in [1.165, 1.54) is 22.4 Å². The van der Waals surface area contributed by atoms with Gasteiger partial charge in [0.15, 0.2) is 0 Å². The fourth-order valence-electron chi connectivity index (χ4n) is 3.66. The highest BCUT2D eigenvalue weighted by molar-refractivity contribution is 6.89. The molecule has 0 aliphatic carbocycles. The van der Waals surface area contributed by atoms with E-state index in [0.29, 0.717) is 5.75 Å². The summed E-state index contributed by atoms with van der Waals surface area (Å²) in [6.45, 7) is 18.0. The van der Waals surface area contributed by atoms with Gasteiger partial charge in [0.2, 0.25) is 0 Å². The Labute approximate surface area is 166 Å². The average Bonchev–Trinajstić information content (AvgIpc) is 2.52. The van der Waals surface area contributed by atoms with E-state index in [9.17, 15) is 5.11 Å². The molecule has 3 heteroatoms. The molecule has 0 bridgehead atoms. The van der Waals surface area contributed by atoms with Crippen molar-refractivity contribution in [2.45, 2.75) is 77.9 Å². The molecule has 0 saturated heterocycles. The number of aryl methyl sites for hydroxylation is 1. The van der Waals surface area contributed by atoms with Gasteiger partial charge in [0.25, 0.3) is 0 Å². The number of rotatable bonds is 4. The Morgan fingerprint density at radius 3 is 1.85 bits per heavy atom. The Hall–Kier alpha value is -1.74. The van der Waals surface area contributed by atoms with E-state index in [4.69, 9.17) is 5.73 Å². The van der Waals surface area contributed by atoms with Gasteiger partial charge in [-0.3, -0.25) is 0 Å². The van der Waals surface area contributed by atoms with Crippen LogP contribution in [0.5, 0.6) is 5.75 Å². The maximum Gasteiger partial charge on any atom is 0.119 e. The number of anilines is 1. The average molecular weight is 384 g/mol. The Morgan fingerprint density at radius 2 is 1.37 bits per heavy atom. The number of aromatic hydroxyl groups is 1. The number of benzene rings is 2. The lowest BCUT2D eigenvalue weighted by Crippen LogP contribution is -2.41. The van der Waals surface area contributed by atoms with Gasteiger partial charge in [0.1, 0.15) is 5.75 Å². The fourth-order valence-corrected chi connectivity index (χ4v) is 5.92. The van der Waals surface area contributed by atoms with Crippen molar-refractivity contribution in [3.63, 3.8) is 0 Å². The van der Waals surface area contributed by atoms with E-state index in [1.807, 2.05) is 18.2 Å². The standard InChI is InChI=1S/C24H37NOSi/c1-23(2,3)20-16-22(26)21(24(4,5)6)15-17(20)13-14-27(7,8)19-11-9-18(25)10-12-19/h9-12,15-16,26H,13-14,25H2,1-8H3. The van der Waals surface area contributed by atoms with Crippen molar-refractivity contribution >= 4 is 18.9 Å². The van der Waals surface area contributed by atoms with Crippen LogP contribution in [0, 0.1) is 0 Å². The van der Waals surface area contributed by atoms with Crippen LogP contribution in [0.25, 0.3) is 0 Å². The monoisotopic (exact) mass is 383 g/mol. The number of phenols is 1. The molecule has 2 aromatic carbocycles. The molecule has 0 aliphatic rings. The van der Waals surface area contributed by atoms with E-state index >= 15 is 0 Å². The van der Waals surface area contributed by atoms with Gasteiger partial charge in [-0.15, -0.1) is 0 Å². The number of phenolic OH excluding ortho intramolecular Hbond substituents is 1. The predicted octanol–water partition coefficient (Wildman–Crippen LogP) is 5.73. The number of nitrogens with two attached hydrogens (primary N) is 1. The first-order chi connectivity index (χ1) is 12.2. The van der Waals surface area contributed by atoms with Gasteiger partial charge in [-0.25, -0.2) is 0 Å². The molecule has 0 amide bonds. The summed E-state index contributed by atoms with van der Waals surface area (Å²) in [4.78, 5) is 0. The van der Waals surface area contributed by atoms with E-state index in [0.717, 1.165) is 17.7 Å². The molecule has 0 aromatic heterocycles. The molecule has 0 fully saturated rings. The first-order valence-electron chi connectivity index (χ1n) is 9.95. The molecule has 0 atom stereocenters. The SMILES string of the molecule is CC(C)(C)c1cc(CC[Si](C)(C)c2ccc(N)cc2)c(C(C)(C)C)cc1O. The molecule has 2 nitrogen and oxygen atoms in total. The van der Waals surface area contributed by atoms with Crippen LogP contribution in [-0.2, 0) is 17.3 Å². The topological polar surface area (TPSA) is 46.2 Å². The van der Waals surface area contributed by atoms with Gasteiger partial charge in [0.05, 0.1) is 8.07 Å². The Morgan fingerprint density at radius 1 is 0.852 bits per heavy atom. The molecule has 3 N–H and O–H groups in total. The second-order valence-corrected chi connectivity index (χ2v) is 15.4. The lowest BCUT2D eigenvalue weighted by molar-refractivity contribution is 0.442. The summed E-state index contributed by atoms with van der Waals surface area (Å²) in [6, 6.07) is 13.9. The van der Waals surface area contributed by atoms with E-state index in [1.54, 1.807) is 0 Å². The van der Waals surface area contributed by atoms with Crippen LogP contribution in [0.3, 0.4) is 0 Å². The highest BCUT2D eigenvalue weighted by Gasteiger charge is 2.28. The maximum atomic E-state index is 10.6. The number of hydrogen-bond donors (Lipinski definition) is 2. The number of hydrogen-bond acceptors (Lipinski definition) is 2. The summed E-state index contributed by atoms with van der Waals surface area (Å²) in [5.74, 6) is 0.422. The number of nitrogen functional groups attached to an aromatic ring is 1. The summed E-state index contributed by atoms with van der Waals surface area (Å²) in [5, 5.41) is 12.1. The molecule has 0 saturated carbocycles. The molecule has 0 radical (unpaired) electrons. The summed E-state index contributed by atoms with van der Waals surface area (Å²) >= 11 is 0. The van der Waals surface area contributed by atoms with E-state index in [-0.39, 0.29) is 10.8 Å². The highest BCUT2D eigenvalue weighted by atomic mass is 28.3. The van der Waals surface area contributed by atoms with Crippen molar-refractivity contribution in [2.75, 3.05) is 5.73 Å². The van der Waals surface area contributed by atoms with Crippen LogP contribution < -0.4 is 10.9 Å². The third kappa shape index (κ3) is 5.16. The van der Waals surface area contributed by atoms with Crippen LogP contribution >= 0.6 is 0 Å². The minimum atomic E-state index is -1.56. The van der Waals surface area contributed by atoms with E-state index < -0.39 is 8.07 Å². The summed E-state index contributed by atoms with van der Waals surface area (Å²) in [6.07, 6.45) is 1.04. The molecule has 27 heavy (non-hydrogen) atoms. The Bertz CT molecular complexity index is 793. The van der Waals surface area contributed by atoms with Gasteiger partial charge in [0, 0.05) is 5.69 Å². The zero-order chi connectivity index (χ0) is 20.6. The van der Waals surface area contributed by atoms with Crippen LogP contribution in [0.1, 0.15) is 58.2 Å². The molecular formula is C24H37NOSi. The van der Waals surface area contributed by atoms with Crippen LogP contribution in [0.4, 0.5) is 5.69 Å². The largest absolute Gasteiger partial charge is 0.508 e. The van der Waals surface area contributed by atoms with Crippen molar-refractivity contribution in [1.82, 2.24) is 0 Å². The first kappa shape index (κ1) is 21.6. The summed E-state index contributed by atoms with van der Waals surface area (Å²) in [7, 11) is -1.56. The second kappa shape index (κ2) is 7.35. The van der Waals surface area contributed by atoms with Crippen molar-refractivity contribution in [3.8, 4) is 5.75 Å².